The van der Waals surface area contributed by atoms with Crippen LogP contribution in [0.15, 0.2) is 12.1 Å². The molecule has 0 radical (unpaired) electrons. The molecule has 1 aliphatic carbocycles. The molecule has 19 heavy (non-hydrogen) atoms. The molecule has 2 fully saturated rings. The van der Waals surface area contributed by atoms with Gasteiger partial charge in [-0.2, -0.15) is 0 Å². The van der Waals surface area contributed by atoms with Crippen molar-refractivity contribution < 1.29 is 0 Å². The van der Waals surface area contributed by atoms with Crippen molar-refractivity contribution in [3.05, 3.63) is 21.9 Å². The monoisotopic (exact) mass is 279 g/mol. The topological polar surface area (TPSA) is 18.5 Å². The van der Waals surface area contributed by atoms with Crippen LogP contribution in [-0.2, 0) is 13.1 Å². The Hall–Kier alpha value is -0.420. The van der Waals surface area contributed by atoms with Crippen LogP contribution in [0.1, 0.15) is 29.5 Å². The van der Waals surface area contributed by atoms with E-state index in [9.17, 15) is 0 Å². The van der Waals surface area contributed by atoms with E-state index in [-0.39, 0.29) is 0 Å². The van der Waals surface area contributed by atoms with Crippen LogP contribution in [0.3, 0.4) is 0 Å². The van der Waals surface area contributed by atoms with Gasteiger partial charge in [-0.25, -0.2) is 0 Å². The van der Waals surface area contributed by atoms with E-state index in [2.05, 4.69) is 41.2 Å². The van der Waals surface area contributed by atoms with Crippen molar-refractivity contribution in [1.29, 1.82) is 0 Å². The van der Waals surface area contributed by atoms with Gasteiger partial charge >= 0.3 is 0 Å². The highest BCUT2D eigenvalue weighted by molar-refractivity contribution is 7.11. The Kier molecular flexibility index (Phi) is 4.22. The zero-order valence-electron chi connectivity index (χ0n) is 12.1. The summed E-state index contributed by atoms with van der Waals surface area (Å²) in [6, 6.07) is 6.10. The molecule has 1 aromatic heterocycles. The molecule has 3 rings (SSSR count). The van der Waals surface area contributed by atoms with E-state index in [1.807, 2.05) is 11.3 Å². The molecule has 4 heteroatoms. The lowest BCUT2D eigenvalue weighted by molar-refractivity contribution is 0.0947. The normalized spacial score (nSPS) is 25.9. The highest BCUT2D eigenvalue weighted by Gasteiger charge is 2.22. The summed E-state index contributed by atoms with van der Waals surface area (Å²) in [6.45, 7) is 8.13. The summed E-state index contributed by atoms with van der Waals surface area (Å²) in [4.78, 5) is 8.05. The first-order chi connectivity index (χ1) is 9.20. The first-order valence-electron chi connectivity index (χ1n) is 7.44. The SMILES string of the molecule is CC1CN(C)CCN1Cc1ccc(CNC2CC2)s1. The fourth-order valence-electron chi connectivity index (χ4n) is 2.75. The predicted octanol–water partition coefficient (Wildman–Crippen LogP) is 2.14. The molecule has 0 aromatic carbocycles. The standard InChI is InChI=1S/C15H25N3S/c1-12-10-17(2)7-8-18(12)11-15-6-5-14(19-15)9-16-13-3-4-13/h5-6,12-13,16H,3-4,7-11H2,1-2H3. The molecule has 3 nitrogen and oxygen atoms in total. The number of hydrogen-bond donors (Lipinski definition) is 1. The molecule has 2 heterocycles. The van der Waals surface area contributed by atoms with Crippen LogP contribution in [0.2, 0.25) is 0 Å². The zero-order valence-corrected chi connectivity index (χ0v) is 12.9. The van der Waals surface area contributed by atoms with E-state index in [4.69, 9.17) is 0 Å². The maximum Gasteiger partial charge on any atom is 0.0331 e. The third-order valence-electron chi connectivity index (χ3n) is 4.19. The summed E-state index contributed by atoms with van der Waals surface area (Å²) in [5.41, 5.74) is 0. The second-order valence-corrected chi connectivity index (χ2v) is 7.36. The molecule has 1 saturated carbocycles. The predicted molar refractivity (Wildman–Crippen MR) is 81.5 cm³/mol. The van der Waals surface area contributed by atoms with Gasteiger partial charge in [0.05, 0.1) is 0 Å². The second kappa shape index (κ2) is 5.92. The van der Waals surface area contributed by atoms with Gasteiger partial charge in [0.2, 0.25) is 0 Å². The molecular weight excluding hydrogens is 254 g/mol. The maximum absolute atomic E-state index is 3.59. The maximum atomic E-state index is 3.59. The van der Waals surface area contributed by atoms with Gasteiger partial charge in [-0.3, -0.25) is 4.90 Å². The van der Waals surface area contributed by atoms with Crippen molar-refractivity contribution in [1.82, 2.24) is 15.1 Å². The highest BCUT2D eigenvalue weighted by Crippen LogP contribution is 2.23. The van der Waals surface area contributed by atoms with Gasteiger partial charge in [0.1, 0.15) is 0 Å². The van der Waals surface area contributed by atoms with Crippen molar-refractivity contribution in [3.63, 3.8) is 0 Å². The van der Waals surface area contributed by atoms with E-state index in [1.165, 1.54) is 42.2 Å². The molecule has 1 unspecified atom stereocenters. The molecule has 1 atom stereocenters. The summed E-state index contributed by atoms with van der Waals surface area (Å²) in [5.74, 6) is 0. The summed E-state index contributed by atoms with van der Waals surface area (Å²) in [6.07, 6.45) is 2.74. The molecule has 1 aromatic rings. The number of likely N-dealkylation sites (N-methyl/N-ethyl adjacent to an activating group) is 1. The van der Waals surface area contributed by atoms with Crippen LogP contribution < -0.4 is 5.32 Å². The lowest BCUT2D eigenvalue weighted by Crippen LogP contribution is -2.49. The minimum absolute atomic E-state index is 0.675. The average molecular weight is 279 g/mol. The molecule has 0 bridgehead atoms. The first kappa shape index (κ1) is 13.6. The van der Waals surface area contributed by atoms with Crippen LogP contribution in [-0.4, -0.2) is 48.6 Å². The van der Waals surface area contributed by atoms with Gasteiger partial charge in [0.25, 0.3) is 0 Å². The Morgan fingerprint density at radius 3 is 2.79 bits per heavy atom. The van der Waals surface area contributed by atoms with Gasteiger partial charge < -0.3 is 10.2 Å². The number of hydrogen-bond acceptors (Lipinski definition) is 4. The zero-order chi connectivity index (χ0) is 13.2. The summed E-state index contributed by atoms with van der Waals surface area (Å²) in [7, 11) is 2.22. The number of nitrogens with zero attached hydrogens (tertiary/aromatic N) is 2. The fourth-order valence-corrected chi connectivity index (χ4v) is 3.74. The van der Waals surface area contributed by atoms with E-state index in [0.717, 1.165) is 19.1 Å². The first-order valence-corrected chi connectivity index (χ1v) is 8.26. The van der Waals surface area contributed by atoms with Crippen LogP contribution in [0, 0.1) is 0 Å². The Morgan fingerprint density at radius 2 is 2.05 bits per heavy atom. The van der Waals surface area contributed by atoms with Crippen LogP contribution in [0.25, 0.3) is 0 Å². The van der Waals surface area contributed by atoms with E-state index in [0.29, 0.717) is 6.04 Å². The molecule has 2 aliphatic rings. The minimum Gasteiger partial charge on any atom is -0.309 e. The average Bonchev–Trinajstić information content (AvgIpc) is 3.10. The number of nitrogens with one attached hydrogen (secondary N) is 1. The molecular formula is C15H25N3S. The summed E-state index contributed by atoms with van der Waals surface area (Å²) in [5, 5.41) is 3.59. The number of rotatable bonds is 5. The molecule has 1 aliphatic heterocycles. The summed E-state index contributed by atoms with van der Waals surface area (Å²) < 4.78 is 0. The Balaban J connectivity index is 1.51. The van der Waals surface area contributed by atoms with Crippen LogP contribution in [0.5, 0.6) is 0 Å². The number of thiophene rings is 1. The van der Waals surface area contributed by atoms with Crippen molar-refractivity contribution >= 4 is 11.3 Å². The van der Waals surface area contributed by atoms with E-state index < -0.39 is 0 Å². The Labute approximate surface area is 120 Å². The molecule has 0 spiro atoms. The quantitative estimate of drug-likeness (QED) is 0.891. The minimum atomic E-state index is 0.675. The number of piperazine rings is 1. The molecule has 1 N–H and O–H groups in total. The Bertz CT molecular complexity index is 413. The van der Waals surface area contributed by atoms with E-state index >= 15 is 0 Å². The highest BCUT2D eigenvalue weighted by atomic mass is 32.1. The smallest absolute Gasteiger partial charge is 0.0331 e. The lowest BCUT2D eigenvalue weighted by atomic mass is 10.2. The van der Waals surface area contributed by atoms with Crippen LogP contribution >= 0.6 is 11.3 Å². The van der Waals surface area contributed by atoms with Crippen LogP contribution in [0.4, 0.5) is 0 Å². The van der Waals surface area contributed by atoms with Crippen molar-refractivity contribution in [2.24, 2.45) is 0 Å². The third kappa shape index (κ3) is 3.78. The van der Waals surface area contributed by atoms with Gasteiger partial charge in [0, 0.05) is 54.6 Å². The summed E-state index contributed by atoms with van der Waals surface area (Å²) >= 11 is 1.98. The van der Waals surface area contributed by atoms with Crippen molar-refractivity contribution in [3.8, 4) is 0 Å². The van der Waals surface area contributed by atoms with Crippen molar-refractivity contribution in [2.75, 3.05) is 26.7 Å². The lowest BCUT2D eigenvalue weighted by Gasteiger charge is -2.37. The Morgan fingerprint density at radius 1 is 1.26 bits per heavy atom. The van der Waals surface area contributed by atoms with Gasteiger partial charge in [-0.1, -0.05) is 0 Å². The largest absolute Gasteiger partial charge is 0.309 e. The molecule has 1 saturated heterocycles. The fraction of sp³-hybridized carbons (Fsp3) is 0.733. The second-order valence-electron chi connectivity index (χ2n) is 6.10. The van der Waals surface area contributed by atoms with E-state index in [1.54, 1.807) is 0 Å². The molecule has 106 valence electrons. The molecule has 0 amide bonds. The van der Waals surface area contributed by atoms with Gasteiger partial charge in [-0.15, -0.1) is 11.3 Å². The third-order valence-corrected chi connectivity index (χ3v) is 5.26. The van der Waals surface area contributed by atoms with Gasteiger partial charge in [0.15, 0.2) is 0 Å². The van der Waals surface area contributed by atoms with Gasteiger partial charge in [-0.05, 0) is 38.9 Å². The van der Waals surface area contributed by atoms with Crippen molar-refractivity contribution in [2.45, 2.75) is 44.9 Å².